The van der Waals surface area contributed by atoms with Gasteiger partial charge in [0.2, 0.25) is 11.8 Å². The van der Waals surface area contributed by atoms with E-state index in [1.165, 1.54) is 24.0 Å². The maximum Gasteiger partial charge on any atom is 0.251 e. The van der Waals surface area contributed by atoms with E-state index in [1.807, 2.05) is 42.5 Å². The molecule has 12 heterocycles. The predicted molar refractivity (Wildman–Crippen MR) is 471 cm³/mol. The summed E-state index contributed by atoms with van der Waals surface area (Å²) in [5.41, 5.74) is 9.62. The number of ether oxygens (including phenoxy) is 6. The van der Waals surface area contributed by atoms with Crippen molar-refractivity contribution in [3.8, 4) is 75.7 Å². The van der Waals surface area contributed by atoms with E-state index in [2.05, 4.69) is 166 Å². The number of anilines is 9. The molecule has 3 aromatic heterocycles. The summed E-state index contributed by atoms with van der Waals surface area (Å²) in [6, 6.07) is 56.8. The maximum atomic E-state index is 12.1. The molecule has 650 valence electrons. The van der Waals surface area contributed by atoms with Gasteiger partial charge in [-0.1, -0.05) is 0 Å². The van der Waals surface area contributed by atoms with Gasteiger partial charge in [0, 0.05) is 193 Å². The Balaban J connectivity index is 0.000000139. The lowest BCUT2D eigenvalue weighted by Crippen LogP contribution is -2.56. The molecule has 9 aromatic rings. The minimum atomic E-state index is -1.04. The van der Waals surface area contributed by atoms with Crippen LogP contribution in [0.2, 0.25) is 0 Å². The number of benzene rings is 6. The van der Waals surface area contributed by atoms with E-state index in [0.29, 0.717) is 162 Å². The zero-order valence-corrected chi connectivity index (χ0v) is 70.4. The highest BCUT2D eigenvalue weighted by atomic mass is 16.5. The van der Waals surface area contributed by atoms with E-state index in [0.717, 1.165) is 135 Å². The molecule has 0 unspecified atom stereocenters. The van der Waals surface area contributed by atoms with E-state index < -0.39 is 6.10 Å². The molecule has 33 heteroatoms. The van der Waals surface area contributed by atoms with Crippen LogP contribution in [0.1, 0.15) is 55.7 Å². The first-order valence-electron chi connectivity index (χ1n) is 43.1. The second-order valence-electron chi connectivity index (χ2n) is 32.5. The Kier molecular flexibility index (Phi) is 28.1. The molecule has 33 nitrogen and oxygen atoms in total. The summed E-state index contributed by atoms with van der Waals surface area (Å²) in [7, 11) is 0. The Morgan fingerprint density at radius 1 is 0.429 bits per heavy atom. The highest BCUT2D eigenvalue weighted by Gasteiger charge is 2.36. The van der Waals surface area contributed by atoms with Crippen LogP contribution in [0, 0.1) is 45.3 Å². The second-order valence-corrected chi connectivity index (χ2v) is 32.5. The lowest BCUT2D eigenvalue weighted by atomic mass is 10.1. The molecular formula is C93H102N22O11. The fraction of sp³-hybridized carbons (Fsp3) is 0.409. The molecule has 3 amide bonds. The number of piperazine rings is 3. The second kappa shape index (κ2) is 41.1. The molecular weight excluding hydrogens is 1600 g/mol. The van der Waals surface area contributed by atoms with Crippen LogP contribution in [0.3, 0.4) is 0 Å². The lowest BCUT2D eigenvalue weighted by Gasteiger charge is -2.43. The molecule has 18 rings (SSSR count). The van der Waals surface area contributed by atoms with Gasteiger partial charge >= 0.3 is 0 Å². The molecule has 0 bridgehead atoms. The van der Waals surface area contributed by atoms with Gasteiger partial charge in [0.1, 0.15) is 83.7 Å². The van der Waals surface area contributed by atoms with Crippen LogP contribution >= 0.6 is 0 Å². The summed E-state index contributed by atoms with van der Waals surface area (Å²) < 4.78 is 34.2. The van der Waals surface area contributed by atoms with Crippen LogP contribution in [0.5, 0.6) is 17.2 Å². The normalized spacial score (nSPS) is 19.5. The van der Waals surface area contributed by atoms with Gasteiger partial charge in [-0.2, -0.15) is 21.0 Å². The van der Waals surface area contributed by atoms with Crippen LogP contribution in [0.4, 0.5) is 51.6 Å². The van der Waals surface area contributed by atoms with Crippen LogP contribution in [-0.2, 0) is 28.6 Å². The number of hydrogen-bond donors (Lipinski definition) is 5. The predicted octanol–water partition coefficient (Wildman–Crippen LogP) is 8.46. The zero-order chi connectivity index (χ0) is 86.8. The highest BCUT2D eigenvalue weighted by Crippen LogP contribution is 2.35. The van der Waals surface area contributed by atoms with E-state index in [1.54, 1.807) is 69.7 Å². The molecule has 126 heavy (non-hydrogen) atoms. The van der Waals surface area contributed by atoms with Crippen molar-refractivity contribution in [1.82, 2.24) is 59.3 Å². The number of aliphatic hydroxyl groups excluding tert-OH is 2. The minimum absolute atomic E-state index is 0.0881. The quantitative estimate of drug-likeness (QED) is 0.0358. The molecule has 9 aliphatic heterocycles. The van der Waals surface area contributed by atoms with E-state index >= 15 is 0 Å². The highest BCUT2D eigenvalue weighted by molar-refractivity contribution is 5.81. The Morgan fingerprint density at radius 2 is 0.746 bits per heavy atom. The Labute approximate surface area is 731 Å². The van der Waals surface area contributed by atoms with Crippen molar-refractivity contribution in [3.63, 3.8) is 0 Å². The topological polar surface area (TPSA) is 385 Å². The average Bonchev–Trinajstić information content (AvgIpc) is 1.19. The van der Waals surface area contributed by atoms with Crippen molar-refractivity contribution in [3.05, 3.63) is 181 Å². The number of nitrogens with one attached hydrogen (secondary N) is 3. The van der Waals surface area contributed by atoms with Crippen molar-refractivity contribution >= 4 is 69.3 Å². The van der Waals surface area contributed by atoms with Gasteiger partial charge in [-0.05, 0) is 153 Å². The van der Waals surface area contributed by atoms with E-state index in [4.69, 9.17) is 38.8 Å². The van der Waals surface area contributed by atoms with Gasteiger partial charge in [0.25, 0.3) is 5.91 Å². The first-order valence-corrected chi connectivity index (χ1v) is 43.1. The third kappa shape index (κ3) is 21.6. The fourth-order valence-corrected chi connectivity index (χ4v) is 16.7. The van der Waals surface area contributed by atoms with Gasteiger partial charge in [-0.3, -0.25) is 29.1 Å². The lowest BCUT2D eigenvalue weighted by molar-refractivity contribution is -0.138. The smallest absolute Gasteiger partial charge is 0.251 e. The molecule has 9 aliphatic rings. The van der Waals surface area contributed by atoms with E-state index in [-0.39, 0.29) is 55.5 Å². The zero-order valence-electron chi connectivity index (χ0n) is 70.4. The van der Waals surface area contributed by atoms with Crippen molar-refractivity contribution in [1.29, 1.82) is 21.0 Å². The third-order valence-corrected chi connectivity index (χ3v) is 24.2. The molecule has 0 aliphatic carbocycles. The molecule has 5 N–H and O–H groups in total. The molecule has 9 saturated heterocycles. The number of nitriles is 4. The SMILES string of the molecule is C[C@H](O)C(=O)N1CC[C@@H](Oc2ccc(-c3nccc(Nc4ccc(N5CCN(C6COC6)CC5)cc4)n3)cc2C#N)C1.N#CCC(=O)N1CC[C@@H](Oc2ccc(-c3nccc(Nc4ccc(N5CCN(C6COC6)CC5)cc4)n3)cc2C#N)C1.N#Cc1cc(-c2nccc(Nc3ccc(N4CCN(C5COC5)CC4)cc3)n2)ccc1O[C@@H]1CCN(C(=O)CCO)C1. The largest absolute Gasteiger partial charge is 0.487 e. The number of amides is 3. The number of carbonyl (C=O) groups excluding carboxylic acids is 3. The number of aliphatic hydroxyl groups is 2. The summed E-state index contributed by atoms with van der Waals surface area (Å²) in [6.07, 6.45) is 5.28. The van der Waals surface area contributed by atoms with Crippen LogP contribution in [0.25, 0.3) is 34.2 Å². The van der Waals surface area contributed by atoms with Crippen molar-refractivity contribution in [2.24, 2.45) is 0 Å². The summed E-state index contributed by atoms with van der Waals surface area (Å²) >= 11 is 0. The van der Waals surface area contributed by atoms with Gasteiger partial charge in [0.05, 0.1) is 107 Å². The van der Waals surface area contributed by atoms with E-state index in [9.17, 15) is 35.3 Å². The molecule has 0 spiro atoms. The summed E-state index contributed by atoms with van der Waals surface area (Å²) in [5, 5.41) is 66.9. The summed E-state index contributed by atoms with van der Waals surface area (Å²) in [5.74, 6) is 4.20. The first kappa shape index (κ1) is 86.3. The number of hydrogen-bond acceptors (Lipinski definition) is 30. The molecule has 0 radical (unpaired) electrons. The monoisotopic (exact) mass is 1700 g/mol. The standard InChI is InChI=1S/C31H32N8O3.2C31H35N7O4/c32-10-7-30(40)39-12-9-27(19-39)42-28-6-1-22(17-23(28)18-33)31-34-11-8-29(36-31)35-24-2-4-25(5-3-24)37-13-15-38(16-14-37)26-20-41-21-26;1-21(39)31(40)38-11-9-27(18-38)42-28-7-2-22(16-23(28)17-32)30-33-10-8-29(35-30)34-24-3-5-25(6-4-24)36-12-14-37(15-13-36)26-19-41-20-26;32-18-23-17-22(1-6-28(23)42-27-8-11-38(19-27)30(40)9-16-39)31-33-10-7-29(35-31)34-24-2-4-25(5-3-24)36-12-14-37(15-13-36)26-20-41-21-26/h1-6,8,11,17,26-27H,7,9,12-16,19-21H2,(H,34,35,36);2-8,10,16,21,26-27,39H,9,11-15,18-20H2,1H3,(H,33,34,35);1-7,10,17,26-27,39H,8-9,11-16,19-21H2,(H,33,34,35)/t27-;21-,27+;27-/m101/s1. The van der Waals surface area contributed by atoms with Gasteiger partial charge in [0.15, 0.2) is 17.5 Å². The first-order chi connectivity index (χ1) is 61.6. The Morgan fingerprint density at radius 3 is 1.04 bits per heavy atom. The number of likely N-dealkylation sites (tertiary alicyclic amines) is 3. The van der Waals surface area contributed by atoms with Crippen molar-refractivity contribution < 1.29 is 53.0 Å². The molecule has 6 aromatic carbocycles. The summed E-state index contributed by atoms with van der Waals surface area (Å²) in [4.78, 5) is 83.2. The summed E-state index contributed by atoms with van der Waals surface area (Å²) in [6.45, 7) is 21.7. The third-order valence-electron chi connectivity index (χ3n) is 24.2. The van der Waals surface area contributed by atoms with Crippen molar-refractivity contribution in [2.45, 2.75) is 81.6 Å². The number of nitrogens with zero attached hydrogens (tertiary/aromatic N) is 19. The number of rotatable bonds is 25. The Bertz CT molecular complexity index is 5440. The molecule has 0 saturated carbocycles. The number of aromatic nitrogens is 6. The minimum Gasteiger partial charge on any atom is -0.487 e. The number of carbonyl (C=O) groups is 3. The van der Waals surface area contributed by atoms with Gasteiger partial charge in [-0.15, -0.1) is 0 Å². The Hall–Kier alpha value is -13.2. The van der Waals surface area contributed by atoms with Gasteiger partial charge < -0.3 is 84.0 Å². The molecule has 4 atom stereocenters. The fourth-order valence-electron chi connectivity index (χ4n) is 16.7. The van der Waals surface area contributed by atoms with Crippen molar-refractivity contribution in [2.75, 3.05) is 195 Å². The van der Waals surface area contributed by atoms with Crippen LogP contribution in [-0.4, -0.2) is 294 Å². The van der Waals surface area contributed by atoms with Crippen LogP contribution < -0.4 is 44.9 Å². The average molecular weight is 1700 g/mol. The van der Waals surface area contributed by atoms with Crippen LogP contribution in [0.15, 0.2) is 164 Å². The van der Waals surface area contributed by atoms with Gasteiger partial charge in [-0.25, -0.2) is 29.9 Å². The molecule has 9 fully saturated rings. The maximum absolute atomic E-state index is 12.1.